The number of nitrogens with one attached hydrogen (secondary N) is 1. The highest BCUT2D eigenvalue weighted by molar-refractivity contribution is 9.10. The van der Waals surface area contributed by atoms with Crippen LogP contribution in [0.5, 0.6) is 17.2 Å². The minimum absolute atomic E-state index is 0.0430. The van der Waals surface area contributed by atoms with Crippen LogP contribution in [0, 0.1) is 19.7 Å². The van der Waals surface area contributed by atoms with Crippen molar-refractivity contribution >= 4 is 39.7 Å². The molecule has 0 spiro atoms. The van der Waals surface area contributed by atoms with Gasteiger partial charge in [0.25, 0.3) is 0 Å². The van der Waals surface area contributed by atoms with Crippen LogP contribution in [0.1, 0.15) is 45.8 Å². The monoisotopic (exact) mass is 693 g/mol. The van der Waals surface area contributed by atoms with Gasteiger partial charge in [0, 0.05) is 32.7 Å². The summed E-state index contributed by atoms with van der Waals surface area (Å²) >= 11 is 10.0. The molecule has 5 aromatic rings. The predicted octanol–water partition coefficient (Wildman–Crippen LogP) is 8.56. The lowest BCUT2D eigenvalue weighted by Crippen LogP contribution is -2.16. The van der Waals surface area contributed by atoms with Crippen molar-refractivity contribution in [3.63, 3.8) is 0 Å². The number of halogens is 3. The molecule has 0 atom stereocenters. The maximum Gasteiger partial charge on any atom is 0.307 e. The molecule has 8 nitrogen and oxygen atoms in total. The van der Waals surface area contributed by atoms with Crippen molar-refractivity contribution in [2.75, 3.05) is 6.61 Å². The Morgan fingerprint density at radius 1 is 1.00 bits per heavy atom. The van der Waals surface area contributed by atoms with Crippen LogP contribution in [0.4, 0.5) is 4.39 Å². The van der Waals surface area contributed by atoms with Gasteiger partial charge in [-0.3, -0.25) is 4.79 Å². The van der Waals surface area contributed by atoms with E-state index in [1.165, 1.54) is 12.3 Å². The standard InChI is InChI=1S/C34H30BrClFN3O5/c1-4-42-30-17-24(31(35)32(36)33(30)44-19-23-7-5-6-8-28(23)37)18-38-39-34(41)29-16-15-27(45-29)20-43-26-13-11-25(12-14-26)40-21(2)9-10-22(40)3/h5-18H,4,19-20H2,1-3H3,(H,39,41)/b38-18+. The number of ether oxygens (including phenoxy) is 3. The number of nitrogens with zero attached hydrogens (tertiary/aromatic N) is 2. The molecule has 232 valence electrons. The number of rotatable bonds is 12. The van der Waals surface area contributed by atoms with Gasteiger partial charge in [-0.25, -0.2) is 9.82 Å². The average Bonchev–Trinajstić information content (AvgIpc) is 3.65. The molecular formula is C34H30BrClFN3O5. The smallest absolute Gasteiger partial charge is 0.307 e. The second-order valence-corrected chi connectivity index (χ2v) is 11.1. The molecule has 0 saturated heterocycles. The topological polar surface area (TPSA) is 87.2 Å². The molecule has 1 amide bonds. The number of hydrogen-bond acceptors (Lipinski definition) is 6. The first-order valence-corrected chi connectivity index (χ1v) is 15.2. The van der Waals surface area contributed by atoms with Gasteiger partial charge in [-0.05, 0) is 97.4 Å². The highest BCUT2D eigenvalue weighted by Crippen LogP contribution is 2.42. The number of aryl methyl sites for hydroxylation is 2. The van der Waals surface area contributed by atoms with E-state index >= 15 is 0 Å². The van der Waals surface area contributed by atoms with E-state index in [0.717, 1.165) is 17.1 Å². The van der Waals surface area contributed by atoms with Gasteiger partial charge in [-0.2, -0.15) is 5.10 Å². The molecule has 2 heterocycles. The fourth-order valence-electron chi connectivity index (χ4n) is 4.58. The second kappa shape index (κ2) is 14.5. The van der Waals surface area contributed by atoms with Crippen molar-refractivity contribution in [3.05, 3.63) is 128 Å². The normalized spacial score (nSPS) is 11.2. The van der Waals surface area contributed by atoms with E-state index in [1.54, 1.807) is 36.4 Å². The lowest BCUT2D eigenvalue weighted by molar-refractivity contribution is 0.0923. The molecule has 0 fully saturated rings. The van der Waals surface area contributed by atoms with Gasteiger partial charge < -0.3 is 23.2 Å². The number of hydrogen-bond donors (Lipinski definition) is 1. The van der Waals surface area contributed by atoms with E-state index in [1.807, 2.05) is 31.2 Å². The Morgan fingerprint density at radius 3 is 2.44 bits per heavy atom. The van der Waals surface area contributed by atoms with E-state index < -0.39 is 5.91 Å². The molecule has 0 aliphatic rings. The van der Waals surface area contributed by atoms with Crippen molar-refractivity contribution in [3.8, 4) is 22.9 Å². The number of hydrazone groups is 1. The summed E-state index contributed by atoms with van der Waals surface area (Å²) in [5.41, 5.74) is 6.69. The summed E-state index contributed by atoms with van der Waals surface area (Å²) in [6.07, 6.45) is 1.41. The van der Waals surface area contributed by atoms with Gasteiger partial charge in [0.1, 0.15) is 35.6 Å². The third-order valence-corrected chi connectivity index (χ3v) is 8.23. The molecule has 3 aromatic carbocycles. The van der Waals surface area contributed by atoms with Crippen molar-refractivity contribution in [2.45, 2.75) is 34.0 Å². The zero-order valence-electron chi connectivity index (χ0n) is 24.8. The van der Waals surface area contributed by atoms with Crippen molar-refractivity contribution in [1.82, 2.24) is 9.99 Å². The van der Waals surface area contributed by atoms with Crippen LogP contribution in [0.25, 0.3) is 5.69 Å². The fraction of sp³-hybridized carbons (Fsp3) is 0.176. The molecule has 5 rings (SSSR count). The Balaban J connectivity index is 1.19. The Bertz CT molecular complexity index is 1810. The molecule has 0 saturated carbocycles. The lowest BCUT2D eigenvalue weighted by atomic mass is 10.2. The third-order valence-electron chi connectivity index (χ3n) is 6.79. The van der Waals surface area contributed by atoms with Crippen molar-refractivity contribution < 1.29 is 27.8 Å². The SMILES string of the molecule is CCOc1cc(/C=N/NC(=O)c2ccc(COc3ccc(-n4c(C)ccc4C)cc3)o2)c(Br)c(Cl)c1OCc1ccccc1F. The molecular weight excluding hydrogens is 665 g/mol. The quantitative estimate of drug-likeness (QED) is 0.104. The molecule has 0 unspecified atom stereocenters. The summed E-state index contributed by atoms with van der Waals surface area (Å²) in [7, 11) is 0. The van der Waals surface area contributed by atoms with Crippen LogP contribution < -0.4 is 19.6 Å². The van der Waals surface area contributed by atoms with Crippen LogP contribution in [0.15, 0.2) is 92.9 Å². The molecule has 0 radical (unpaired) electrons. The first-order chi connectivity index (χ1) is 21.7. The van der Waals surface area contributed by atoms with E-state index in [0.29, 0.717) is 39.5 Å². The van der Waals surface area contributed by atoms with Crippen LogP contribution in [0.3, 0.4) is 0 Å². The van der Waals surface area contributed by atoms with Gasteiger partial charge in [0.2, 0.25) is 0 Å². The Morgan fingerprint density at radius 2 is 1.73 bits per heavy atom. The van der Waals surface area contributed by atoms with E-state index in [4.69, 9.17) is 30.2 Å². The van der Waals surface area contributed by atoms with Crippen LogP contribution >= 0.6 is 27.5 Å². The van der Waals surface area contributed by atoms with Crippen molar-refractivity contribution in [2.24, 2.45) is 5.10 Å². The molecule has 0 aliphatic carbocycles. The largest absolute Gasteiger partial charge is 0.490 e. The second-order valence-electron chi connectivity index (χ2n) is 9.93. The minimum atomic E-state index is -0.545. The zero-order chi connectivity index (χ0) is 31.9. The fourth-order valence-corrected chi connectivity index (χ4v) is 5.23. The number of aromatic nitrogens is 1. The lowest BCUT2D eigenvalue weighted by Gasteiger charge is -2.16. The van der Waals surface area contributed by atoms with Gasteiger partial charge in [-0.1, -0.05) is 29.8 Å². The van der Waals surface area contributed by atoms with Gasteiger partial charge >= 0.3 is 5.91 Å². The number of amides is 1. The molecule has 2 aromatic heterocycles. The number of carbonyl (C=O) groups is 1. The van der Waals surface area contributed by atoms with E-state index in [2.05, 4.69) is 57.0 Å². The van der Waals surface area contributed by atoms with E-state index in [9.17, 15) is 9.18 Å². The highest BCUT2D eigenvalue weighted by atomic mass is 79.9. The average molecular weight is 695 g/mol. The maximum absolute atomic E-state index is 14.1. The third kappa shape index (κ3) is 7.58. The number of furan rings is 1. The van der Waals surface area contributed by atoms with Crippen LogP contribution in [-0.4, -0.2) is 23.3 Å². The Kier molecular flexibility index (Phi) is 10.3. The maximum atomic E-state index is 14.1. The summed E-state index contributed by atoms with van der Waals surface area (Å²) in [6, 6.07) is 23.1. The van der Waals surface area contributed by atoms with Crippen molar-refractivity contribution in [1.29, 1.82) is 0 Å². The number of benzene rings is 3. The van der Waals surface area contributed by atoms with Crippen LogP contribution in [-0.2, 0) is 13.2 Å². The van der Waals surface area contributed by atoms with E-state index in [-0.39, 0.29) is 35.6 Å². The first-order valence-electron chi connectivity index (χ1n) is 14.1. The number of carbonyl (C=O) groups excluding carboxylic acids is 1. The summed E-state index contributed by atoms with van der Waals surface area (Å²) in [5.74, 6) is 0.891. The van der Waals surface area contributed by atoms with Gasteiger partial charge in [-0.15, -0.1) is 0 Å². The highest BCUT2D eigenvalue weighted by Gasteiger charge is 2.18. The predicted molar refractivity (Wildman–Crippen MR) is 174 cm³/mol. The van der Waals surface area contributed by atoms with Gasteiger partial charge in [0.05, 0.1) is 12.8 Å². The molecule has 1 N–H and O–H groups in total. The summed E-state index contributed by atoms with van der Waals surface area (Å²) in [5, 5.41) is 4.26. The molecule has 11 heteroatoms. The minimum Gasteiger partial charge on any atom is -0.490 e. The Labute approximate surface area is 273 Å². The molecule has 45 heavy (non-hydrogen) atoms. The van der Waals surface area contributed by atoms with Crippen LogP contribution in [0.2, 0.25) is 5.02 Å². The zero-order valence-corrected chi connectivity index (χ0v) is 27.1. The Hall–Kier alpha value is -4.54. The molecule has 0 aliphatic heterocycles. The van der Waals surface area contributed by atoms with Gasteiger partial charge in [0.15, 0.2) is 17.3 Å². The summed E-state index contributed by atoms with van der Waals surface area (Å²) in [4.78, 5) is 12.7. The summed E-state index contributed by atoms with van der Waals surface area (Å²) < 4.78 is 39.8. The first kappa shape index (κ1) is 31.9. The summed E-state index contributed by atoms with van der Waals surface area (Å²) in [6.45, 7) is 6.38. The molecule has 0 bridgehead atoms.